The third-order valence-corrected chi connectivity index (χ3v) is 4.21. The Hall–Kier alpha value is -1.46. The number of aromatic nitrogens is 2. The van der Waals surface area contributed by atoms with E-state index in [-0.39, 0.29) is 16.3 Å². The molecule has 0 saturated heterocycles. The number of aryl methyl sites for hydroxylation is 1. The van der Waals surface area contributed by atoms with Crippen molar-refractivity contribution in [1.29, 1.82) is 0 Å². The van der Waals surface area contributed by atoms with Gasteiger partial charge in [0.15, 0.2) is 5.03 Å². The third kappa shape index (κ3) is 3.30. The molecule has 100 valence electrons. The second kappa shape index (κ2) is 6.12. The molecule has 1 aromatic carbocycles. The van der Waals surface area contributed by atoms with Crippen molar-refractivity contribution in [2.75, 3.05) is 0 Å². The van der Waals surface area contributed by atoms with Crippen LogP contribution in [0.4, 0.5) is 0 Å². The maximum Gasteiger partial charge on any atom is 0.285 e. The summed E-state index contributed by atoms with van der Waals surface area (Å²) >= 11 is 5.79. The Balaban J connectivity index is 2.25. The average Bonchev–Trinajstić information content (AvgIpc) is 2.41. The highest BCUT2D eigenvalue weighted by Gasteiger charge is 2.12. The van der Waals surface area contributed by atoms with Gasteiger partial charge < -0.3 is 4.57 Å². The van der Waals surface area contributed by atoms with Crippen LogP contribution in [0, 0.1) is 0 Å². The topological polar surface area (TPSA) is 52.0 Å². The van der Waals surface area contributed by atoms with Gasteiger partial charge in [-0.25, -0.2) is 4.98 Å². The van der Waals surface area contributed by atoms with Crippen molar-refractivity contribution in [2.24, 2.45) is 0 Å². The summed E-state index contributed by atoms with van der Waals surface area (Å²) in [5, 5.41) is 0.722. The molecule has 0 aliphatic rings. The summed E-state index contributed by atoms with van der Waals surface area (Å²) in [6.45, 7) is 2.39. The Morgan fingerprint density at radius 1 is 1.32 bits per heavy atom. The van der Waals surface area contributed by atoms with E-state index in [1.54, 1.807) is 30.5 Å². The van der Waals surface area contributed by atoms with Crippen LogP contribution in [0.1, 0.15) is 12.5 Å². The van der Waals surface area contributed by atoms with E-state index in [0.29, 0.717) is 11.6 Å². The molecule has 1 heterocycles. The lowest BCUT2D eigenvalue weighted by molar-refractivity contribution is 0.660. The van der Waals surface area contributed by atoms with Gasteiger partial charge in [-0.2, -0.15) is 0 Å². The quantitative estimate of drug-likeness (QED) is 0.869. The Morgan fingerprint density at radius 3 is 2.63 bits per heavy atom. The molecule has 2 aromatic rings. The van der Waals surface area contributed by atoms with Crippen molar-refractivity contribution in [1.82, 2.24) is 9.55 Å². The van der Waals surface area contributed by atoms with E-state index in [4.69, 9.17) is 11.6 Å². The van der Waals surface area contributed by atoms with E-state index in [1.807, 2.05) is 6.92 Å². The first-order valence-electron chi connectivity index (χ1n) is 5.80. The number of halogens is 1. The smallest absolute Gasteiger partial charge is 0.285 e. The maximum atomic E-state index is 12.2. The van der Waals surface area contributed by atoms with E-state index in [2.05, 4.69) is 4.98 Å². The standard InChI is InChI=1S/C13H13ClN2O2S/c1-2-16-8-7-15-12(13(16)17)19(18)9-10-3-5-11(14)6-4-10/h3-8H,2,9H2,1H3. The zero-order chi connectivity index (χ0) is 13.8. The van der Waals surface area contributed by atoms with Gasteiger partial charge in [0, 0.05) is 24.0 Å². The highest BCUT2D eigenvalue weighted by Crippen LogP contribution is 2.12. The monoisotopic (exact) mass is 296 g/mol. The van der Waals surface area contributed by atoms with Gasteiger partial charge in [0.25, 0.3) is 5.56 Å². The van der Waals surface area contributed by atoms with Crippen LogP contribution in [0.15, 0.2) is 46.5 Å². The Kier molecular flexibility index (Phi) is 4.50. The van der Waals surface area contributed by atoms with Gasteiger partial charge in [-0.1, -0.05) is 23.7 Å². The number of benzene rings is 1. The highest BCUT2D eigenvalue weighted by molar-refractivity contribution is 7.84. The lowest BCUT2D eigenvalue weighted by atomic mass is 10.2. The molecule has 0 aliphatic heterocycles. The summed E-state index contributed by atoms with van der Waals surface area (Å²) in [7, 11) is -1.45. The van der Waals surface area contributed by atoms with Crippen LogP contribution in [0.2, 0.25) is 5.02 Å². The van der Waals surface area contributed by atoms with Crippen molar-refractivity contribution in [3.63, 3.8) is 0 Å². The molecule has 0 spiro atoms. The number of hydrogen-bond donors (Lipinski definition) is 0. The maximum absolute atomic E-state index is 12.2. The summed E-state index contributed by atoms with van der Waals surface area (Å²) in [5.41, 5.74) is 0.563. The zero-order valence-corrected chi connectivity index (χ0v) is 11.9. The molecule has 1 unspecified atom stereocenters. The van der Waals surface area contributed by atoms with Crippen molar-refractivity contribution >= 4 is 22.4 Å². The van der Waals surface area contributed by atoms with Gasteiger partial charge in [0.2, 0.25) is 0 Å². The summed E-state index contributed by atoms with van der Waals surface area (Å²) in [6.07, 6.45) is 3.09. The minimum Gasteiger partial charge on any atom is -0.312 e. The van der Waals surface area contributed by atoms with Gasteiger partial charge in [0.1, 0.15) is 0 Å². The van der Waals surface area contributed by atoms with Crippen LogP contribution in [-0.4, -0.2) is 13.8 Å². The first-order valence-corrected chi connectivity index (χ1v) is 7.49. The molecule has 2 rings (SSSR count). The second-order valence-electron chi connectivity index (χ2n) is 3.94. The summed E-state index contributed by atoms with van der Waals surface area (Å²) in [6, 6.07) is 7.05. The fourth-order valence-electron chi connectivity index (χ4n) is 1.63. The summed E-state index contributed by atoms with van der Waals surface area (Å²) in [4.78, 5) is 15.9. The molecular weight excluding hydrogens is 284 g/mol. The molecule has 0 saturated carbocycles. The van der Waals surface area contributed by atoms with E-state index in [9.17, 15) is 9.00 Å². The normalized spacial score (nSPS) is 12.3. The minimum absolute atomic E-state index is 0.0966. The van der Waals surface area contributed by atoms with Crippen LogP contribution >= 0.6 is 11.6 Å². The largest absolute Gasteiger partial charge is 0.312 e. The van der Waals surface area contributed by atoms with E-state index < -0.39 is 10.8 Å². The van der Waals surface area contributed by atoms with Crippen molar-refractivity contribution in [3.8, 4) is 0 Å². The Labute approximate surface area is 118 Å². The second-order valence-corrected chi connectivity index (χ2v) is 5.74. The molecule has 19 heavy (non-hydrogen) atoms. The number of hydrogen-bond acceptors (Lipinski definition) is 3. The van der Waals surface area contributed by atoms with Gasteiger partial charge in [-0.3, -0.25) is 9.00 Å². The lowest BCUT2D eigenvalue weighted by Crippen LogP contribution is -2.24. The van der Waals surface area contributed by atoms with Crippen LogP contribution in [0.5, 0.6) is 0 Å². The van der Waals surface area contributed by atoms with Crippen molar-refractivity contribution in [3.05, 3.63) is 57.6 Å². The summed E-state index contributed by atoms with van der Waals surface area (Å²) < 4.78 is 13.7. The fraction of sp³-hybridized carbons (Fsp3) is 0.231. The van der Waals surface area contributed by atoms with Crippen LogP contribution < -0.4 is 5.56 Å². The number of rotatable bonds is 4. The SMILES string of the molecule is CCn1ccnc(S(=O)Cc2ccc(Cl)cc2)c1=O. The van der Waals surface area contributed by atoms with Gasteiger partial charge >= 0.3 is 0 Å². The van der Waals surface area contributed by atoms with Crippen LogP contribution in [-0.2, 0) is 23.1 Å². The molecule has 0 radical (unpaired) electrons. The van der Waals surface area contributed by atoms with Gasteiger partial charge in [-0.15, -0.1) is 0 Å². The Bertz CT molecular complexity index is 652. The molecule has 0 N–H and O–H groups in total. The van der Waals surface area contributed by atoms with Crippen LogP contribution in [0.3, 0.4) is 0 Å². The molecule has 6 heteroatoms. The Morgan fingerprint density at radius 2 is 2.00 bits per heavy atom. The van der Waals surface area contributed by atoms with Gasteiger partial charge in [-0.05, 0) is 24.6 Å². The molecule has 1 aromatic heterocycles. The van der Waals surface area contributed by atoms with Crippen molar-refractivity contribution < 1.29 is 4.21 Å². The molecule has 0 bridgehead atoms. The first kappa shape index (κ1) is 14.0. The molecule has 0 fully saturated rings. The van der Waals surface area contributed by atoms with E-state index in [1.165, 1.54) is 10.8 Å². The molecule has 0 aliphatic carbocycles. The highest BCUT2D eigenvalue weighted by atomic mass is 35.5. The summed E-state index contributed by atoms with van der Waals surface area (Å²) in [5.74, 6) is 0.257. The minimum atomic E-state index is -1.45. The van der Waals surface area contributed by atoms with E-state index in [0.717, 1.165) is 5.56 Å². The molecule has 4 nitrogen and oxygen atoms in total. The first-order chi connectivity index (χ1) is 9.11. The van der Waals surface area contributed by atoms with Crippen molar-refractivity contribution in [2.45, 2.75) is 24.2 Å². The zero-order valence-electron chi connectivity index (χ0n) is 10.4. The fourth-order valence-corrected chi connectivity index (χ4v) is 2.88. The number of nitrogens with zero attached hydrogens (tertiary/aromatic N) is 2. The third-order valence-electron chi connectivity index (χ3n) is 2.65. The average molecular weight is 297 g/mol. The molecule has 0 amide bonds. The van der Waals surface area contributed by atoms with Crippen LogP contribution in [0.25, 0.3) is 0 Å². The lowest BCUT2D eigenvalue weighted by Gasteiger charge is -2.05. The predicted octanol–water partition coefficient (Wildman–Crippen LogP) is 2.22. The molecular formula is C13H13ClN2O2S. The van der Waals surface area contributed by atoms with E-state index >= 15 is 0 Å². The molecule has 1 atom stereocenters. The predicted molar refractivity (Wildman–Crippen MR) is 75.7 cm³/mol. The van der Waals surface area contributed by atoms with Gasteiger partial charge in [0.05, 0.1) is 16.6 Å².